The fourth-order valence-corrected chi connectivity index (χ4v) is 2.39. The quantitative estimate of drug-likeness (QED) is 0.802. The number of hydrogen-bond acceptors (Lipinski definition) is 2. The maximum Gasteiger partial charge on any atom is 0.271 e. The second-order valence-corrected chi connectivity index (χ2v) is 4.90. The highest BCUT2D eigenvalue weighted by Crippen LogP contribution is 2.23. The van der Waals surface area contributed by atoms with Gasteiger partial charge in [-0.3, -0.25) is 4.55 Å². The Morgan fingerprint density at radius 1 is 1.40 bits per heavy atom. The van der Waals surface area contributed by atoms with E-state index in [1.165, 1.54) is 0 Å². The van der Waals surface area contributed by atoms with E-state index in [1.54, 1.807) is 31.2 Å². The molecular weight excluding hydrogens is 212 g/mol. The maximum atomic E-state index is 11.1. The van der Waals surface area contributed by atoms with Crippen molar-refractivity contribution in [2.75, 3.05) is 0 Å². The van der Waals surface area contributed by atoms with Crippen LogP contribution < -0.4 is 0 Å². The highest BCUT2D eigenvalue weighted by Gasteiger charge is 2.24. The van der Waals surface area contributed by atoms with E-state index in [0.717, 1.165) is 5.56 Å². The molecule has 0 spiro atoms. The van der Waals surface area contributed by atoms with E-state index in [4.69, 9.17) is 4.55 Å². The van der Waals surface area contributed by atoms with Gasteiger partial charge < -0.3 is 0 Å². The molecule has 3 nitrogen and oxygen atoms in total. The first-order chi connectivity index (χ1) is 6.96. The second kappa shape index (κ2) is 4.59. The third-order valence-corrected chi connectivity index (χ3v) is 3.60. The van der Waals surface area contributed by atoms with E-state index in [0.29, 0.717) is 12.0 Å². The van der Waals surface area contributed by atoms with E-state index in [9.17, 15) is 8.42 Å². The molecule has 0 radical (unpaired) electrons. The molecule has 0 aliphatic heterocycles. The molecule has 0 heterocycles. The maximum absolute atomic E-state index is 11.1. The van der Waals surface area contributed by atoms with Crippen LogP contribution in [0.15, 0.2) is 36.9 Å². The van der Waals surface area contributed by atoms with Crippen molar-refractivity contribution in [2.45, 2.75) is 18.6 Å². The van der Waals surface area contributed by atoms with Crippen LogP contribution in [0.3, 0.4) is 0 Å². The highest BCUT2D eigenvalue weighted by atomic mass is 32.2. The highest BCUT2D eigenvalue weighted by molar-refractivity contribution is 7.86. The normalized spacial score (nSPS) is 13.5. The van der Waals surface area contributed by atoms with Gasteiger partial charge in [-0.1, -0.05) is 43.8 Å². The first-order valence-electron chi connectivity index (χ1n) is 4.67. The zero-order valence-electron chi connectivity index (χ0n) is 8.55. The van der Waals surface area contributed by atoms with Crippen LogP contribution in [0.25, 0.3) is 5.57 Å². The van der Waals surface area contributed by atoms with Gasteiger partial charge in [0.15, 0.2) is 0 Å². The van der Waals surface area contributed by atoms with Crippen molar-refractivity contribution >= 4 is 15.7 Å². The molecule has 0 bridgehead atoms. The Morgan fingerprint density at radius 2 is 1.93 bits per heavy atom. The third kappa shape index (κ3) is 2.91. The van der Waals surface area contributed by atoms with Crippen molar-refractivity contribution in [2.24, 2.45) is 0 Å². The smallest absolute Gasteiger partial charge is 0.271 e. The van der Waals surface area contributed by atoms with Gasteiger partial charge in [-0.05, 0) is 17.6 Å². The lowest BCUT2D eigenvalue weighted by Crippen LogP contribution is -2.20. The summed E-state index contributed by atoms with van der Waals surface area (Å²) >= 11 is 0. The summed E-state index contributed by atoms with van der Waals surface area (Å²) in [6, 6.07) is 8.99. The van der Waals surface area contributed by atoms with Gasteiger partial charge in [0.2, 0.25) is 0 Å². The lowest BCUT2D eigenvalue weighted by molar-refractivity contribution is 0.475. The van der Waals surface area contributed by atoms with Crippen molar-refractivity contribution in [3.05, 3.63) is 42.5 Å². The number of benzene rings is 1. The lowest BCUT2D eigenvalue weighted by atomic mass is 10.0. The van der Waals surface area contributed by atoms with E-state index in [-0.39, 0.29) is 0 Å². The van der Waals surface area contributed by atoms with Gasteiger partial charge in [-0.15, -0.1) is 0 Å². The van der Waals surface area contributed by atoms with Crippen LogP contribution in [0.5, 0.6) is 0 Å². The molecule has 0 amide bonds. The Morgan fingerprint density at radius 3 is 2.33 bits per heavy atom. The summed E-state index contributed by atoms with van der Waals surface area (Å²) in [5.74, 6) is 0. The Kier molecular flexibility index (Phi) is 3.66. The molecule has 0 saturated heterocycles. The third-order valence-electron chi connectivity index (χ3n) is 2.26. The Hall–Kier alpha value is -1.13. The first kappa shape index (κ1) is 11.9. The summed E-state index contributed by atoms with van der Waals surface area (Å²) in [7, 11) is -4.06. The molecule has 1 N–H and O–H groups in total. The van der Waals surface area contributed by atoms with Crippen LogP contribution in [-0.4, -0.2) is 18.2 Å². The summed E-state index contributed by atoms with van der Waals surface area (Å²) in [4.78, 5) is 0. The van der Waals surface area contributed by atoms with Crippen LogP contribution in [0.2, 0.25) is 0 Å². The van der Waals surface area contributed by atoms with Crippen molar-refractivity contribution in [1.29, 1.82) is 0 Å². The molecule has 1 rings (SSSR count). The molecule has 0 saturated carbocycles. The van der Waals surface area contributed by atoms with Gasteiger partial charge in [0.25, 0.3) is 10.1 Å². The van der Waals surface area contributed by atoms with E-state index < -0.39 is 15.4 Å². The minimum atomic E-state index is -4.06. The molecule has 0 aromatic heterocycles. The van der Waals surface area contributed by atoms with Gasteiger partial charge in [0.1, 0.15) is 5.25 Å². The van der Waals surface area contributed by atoms with Crippen LogP contribution in [-0.2, 0) is 10.1 Å². The minimum Gasteiger partial charge on any atom is -0.285 e. The molecule has 4 heteroatoms. The molecule has 0 fully saturated rings. The summed E-state index contributed by atoms with van der Waals surface area (Å²) < 4.78 is 31.2. The Bertz CT molecular complexity index is 434. The molecule has 0 aliphatic rings. The molecule has 1 unspecified atom stereocenters. The molecule has 82 valence electrons. The van der Waals surface area contributed by atoms with Crippen molar-refractivity contribution in [3.63, 3.8) is 0 Å². The largest absolute Gasteiger partial charge is 0.285 e. The van der Waals surface area contributed by atoms with Gasteiger partial charge >= 0.3 is 0 Å². The predicted octanol–water partition coefficient (Wildman–Crippen LogP) is 2.37. The van der Waals surface area contributed by atoms with Gasteiger partial charge in [0, 0.05) is 0 Å². The predicted molar refractivity (Wildman–Crippen MR) is 61.1 cm³/mol. The van der Waals surface area contributed by atoms with Crippen LogP contribution in [0, 0.1) is 0 Å². The molecule has 0 aliphatic carbocycles. The second-order valence-electron chi connectivity index (χ2n) is 3.30. The number of hydrogen-bond donors (Lipinski definition) is 1. The van der Waals surface area contributed by atoms with Crippen molar-refractivity contribution in [3.8, 4) is 0 Å². The standard InChI is InChI=1S/C11H14O3S/c1-3-11(15(12,13)14)9(2)10-7-5-4-6-8-10/h4-8,11H,2-3H2,1H3,(H,12,13,14). The topological polar surface area (TPSA) is 54.4 Å². The molecular formula is C11H14O3S. The zero-order chi connectivity index (χ0) is 11.5. The van der Waals surface area contributed by atoms with E-state index in [1.807, 2.05) is 6.07 Å². The average Bonchev–Trinajstić information content (AvgIpc) is 2.18. The van der Waals surface area contributed by atoms with E-state index in [2.05, 4.69) is 6.58 Å². The zero-order valence-corrected chi connectivity index (χ0v) is 9.37. The summed E-state index contributed by atoms with van der Waals surface area (Å²) in [5, 5.41) is -0.917. The van der Waals surface area contributed by atoms with Gasteiger partial charge in [0.05, 0.1) is 0 Å². The molecule has 15 heavy (non-hydrogen) atoms. The van der Waals surface area contributed by atoms with Crippen LogP contribution in [0.4, 0.5) is 0 Å². The van der Waals surface area contributed by atoms with Crippen LogP contribution in [0.1, 0.15) is 18.9 Å². The fourth-order valence-electron chi connectivity index (χ4n) is 1.47. The summed E-state index contributed by atoms with van der Waals surface area (Å²) in [5.41, 5.74) is 1.17. The Labute approximate surface area is 90.2 Å². The monoisotopic (exact) mass is 226 g/mol. The van der Waals surface area contributed by atoms with Crippen molar-refractivity contribution < 1.29 is 13.0 Å². The van der Waals surface area contributed by atoms with Crippen LogP contribution >= 0.6 is 0 Å². The summed E-state index contributed by atoms with van der Waals surface area (Å²) in [6.07, 6.45) is 0.312. The fraction of sp³-hybridized carbons (Fsp3) is 0.273. The lowest BCUT2D eigenvalue weighted by Gasteiger charge is -2.14. The number of rotatable bonds is 4. The SMILES string of the molecule is C=C(c1ccccc1)C(CC)S(=O)(=O)O. The Balaban J connectivity index is 3.04. The van der Waals surface area contributed by atoms with E-state index >= 15 is 0 Å². The van der Waals surface area contributed by atoms with Gasteiger partial charge in [-0.2, -0.15) is 8.42 Å². The minimum absolute atomic E-state index is 0.312. The molecule has 1 aromatic carbocycles. The van der Waals surface area contributed by atoms with Gasteiger partial charge in [-0.25, -0.2) is 0 Å². The average molecular weight is 226 g/mol. The first-order valence-corrected chi connectivity index (χ1v) is 6.17. The molecule has 1 aromatic rings. The molecule has 1 atom stereocenters. The van der Waals surface area contributed by atoms with Crippen molar-refractivity contribution in [1.82, 2.24) is 0 Å². The summed E-state index contributed by atoms with van der Waals surface area (Å²) in [6.45, 7) is 5.42.